The van der Waals surface area contributed by atoms with Crippen molar-refractivity contribution in [2.75, 3.05) is 0 Å². The maximum absolute atomic E-state index is 7.45. The van der Waals surface area contributed by atoms with Gasteiger partial charge in [-0.1, -0.05) is 36.4 Å². The fourth-order valence-electron chi connectivity index (χ4n) is 1.10. The van der Waals surface area contributed by atoms with Gasteiger partial charge in [-0.3, -0.25) is 5.50 Å². The molecule has 0 aliphatic heterocycles. The average molecular weight is 263 g/mol. The summed E-state index contributed by atoms with van der Waals surface area (Å²) < 4.78 is 0. The second kappa shape index (κ2) is 8.44. The molecular formula is C12H14N3O2P. The number of nitrogens with zero attached hydrogens (tertiary/aromatic N) is 2. The Bertz CT molecular complexity index is 419. The third-order valence-electron chi connectivity index (χ3n) is 1.79. The van der Waals surface area contributed by atoms with Gasteiger partial charge in [0.25, 0.3) is 0 Å². The minimum Gasteiger partial charge on any atom is -0.338 e. The molecule has 0 saturated heterocycles. The summed E-state index contributed by atoms with van der Waals surface area (Å²) in [5.74, 6) is 0. The van der Waals surface area contributed by atoms with E-state index in [1.807, 2.05) is 60.7 Å². The van der Waals surface area contributed by atoms with Crippen molar-refractivity contribution in [3.63, 3.8) is 0 Å². The zero-order valence-corrected chi connectivity index (χ0v) is 10.5. The van der Waals surface area contributed by atoms with Crippen molar-refractivity contribution >= 4 is 19.9 Å². The van der Waals surface area contributed by atoms with Gasteiger partial charge in [-0.2, -0.15) is 10.2 Å². The van der Waals surface area contributed by atoms with Crippen molar-refractivity contribution in [3.8, 4) is 0 Å². The van der Waals surface area contributed by atoms with Crippen LogP contribution in [-0.2, 0) is 0 Å². The van der Waals surface area contributed by atoms with E-state index in [1.165, 1.54) is 0 Å². The summed E-state index contributed by atoms with van der Waals surface area (Å²) in [4.78, 5) is 14.9. The van der Waals surface area contributed by atoms with Crippen LogP contribution in [0.25, 0.3) is 0 Å². The lowest BCUT2D eigenvalue weighted by atomic mass is 10.3. The molecule has 0 fully saturated rings. The summed E-state index contributed by atoms with van der Waals surface area (Å²) in [7, 11) is -2.12. The summed E-state index contributed by atoms with van der Waals surface area (Å²) >= 11 is 0. The number of hydrogen-bond acceptors (Lipinski definition) is 5. The van der Waals surface area contributed by atoms with Gasteiger partial charge in [-0.25, -0.2) is 0 Å². The molecule has 94 valence electrons. The standard InChI is InChI=1S/C12H10N2.H4NO2P/c1-3-7-11(8-4-1)13-14-12-9-5-2-6-10-12;1-4(2)3/h1-10H;2-3H,1H2. The smallest absolute Gasteiger partial charge is 0.247 e. The molecule has 5 nitrogen and oxygen atoms in total. The highest BCUT2D eigenvalue weighted by Gasteiger charge is 1.86. The van der Waals surface area contributed by atoms with Crippen molar-refractivity contribution < 1.29 is 9.79 Å². The Morgan fingerprint density at radius 3 is 1.28 bits per heavy atom. The summed E-state index contributed by atoms with van der Waals surface area (Å²) in [6.45, 7) is 0. The Balaban J connectivity index is 0.000000357. The zero-order chi connectivity index (χ0) is 13.2. The van der Waals surface area contributed by atoms with Crippen LogP contribution in [0.1, 0.15) is 0 Å². The maximum atomic E-state index is 7.45. The van der Waals surface area contributed by atoms with E-state index < -0.39 is 8.53 Å². The quantitative estimate of drug-likeness (QED) is 0.573. The van der Waals surface area contributed by atoms with Crippen LogP contribution in [0.4, 0.5) is 11.4 Å². The molecule has 0 spiro atoms. The van der Waals surface area contributed by atoms with Crippen molar-refractivity contribution in [1.29, 1.82) is 0 Å². The summed E-state index contributed by atoms with van der Waals surface area (Å²) in [5, 5.41) is 8.20. The number of rotatable bonds is 2. The van der Waals surface area contributed by atoms with Crippen LogP contribution in [0.15, 0.2) is 70.9 Å². The Hall–Kier alpha value is -1.65. The first-order valence-corrected chi connectivity index (χ1v) is 6.44. The first-order chi connectivity index (χ1) is 8.68. The normalized spacial score (nSPS) is 10.2. The molecule has 2 rings (SSSR count). The number of hydrogen-bond donors (Lipinski definition) is 3. The van der Waals surface area contributed by atoms with Crippen LogP contribution in [0.2, 0.25) is 0 Å². The Morgan fingerprint density at radius 1 is 0.722 bits per heavy atom. The highest BCUT2D eigenvalue weighted by Crippen LogP contribution is 2.16. The molecule has 2 aromatic rings. The van der Waals surface area contributed by atoms with Gasteiger partial charge in [0.15, 0.2) is 0 Å². The van der Waals surface area contributed by atoms with Crippen molar-refractivity contribution in [2.45, 2.75) is 0 Å². The van der Waals surface area contributed by atoms with Crippen LogP contribution in [0.5, 0.6) is 0 Å². The molecule has 0 heterocycles. The average Bonchev–Trinajstić information content (AvgIpc) is 2.38. The monoisotopic (exact) mass is 263 g/mol. The van der Waals surface area contributed by atoms with E-state index >= 15 is 0 Å². The Morgan fingerprint density at radius 2 is 1.00 bits per heavy atom. The molecule has 0 radical (unpaired) electrons. The summed E-state index contributed by atoms with van der Waals surface area (Å²) in [6, 6.07) is 19.4. The van der Waals surface area contributed by atoms with Crippen molar-refractivity contribution in [2.24, 2.45) is 15.7 Å². The molecule has 18 heavy (non-hydrogen) atoms. The molecule has 0 atom stereocenters. The van der Waals surface area contributed by atoms with Gasteiger partial charge in [-0.15, -0.1) is 0 Å². The fourth-order valence-corrected chi connectivity index (χ4v) is 1.10. The second-order valence-corrected chi connectivity index (χ2v) is 3.83. The number of nitrogens with two attached hydrogens (primary N) is 1. The summed E-state index contributed by atoms with van der Waals surface area (Å²) in [6.07, 6.45) is 0. The zero-order valence-electron chi connectivity index (χ0n) is 9.59. The predicted molar refractivity (Wildman–Crippen MR) is 72.6 cm³/mol. The van der Waals surface area contributed by atoms with Crippen LogP contribution in [0.3, 0.4) is 0 Å². The molecule has 0 bridgehead atoms. The van der Waals surface area contributed by atoms with Crippen LogP contribution in [0, 0.1) is 0 Å². The largest absolute Gasteiger partial charge is 0.338 e. The molecule has 0 aliphatic carbocycles. The van der Waals surface area contributed by atoms with E-state index in [1.54, 1.807) is 0 Å². The second-order valence-electron chi connectivity index (χ2n) is 3.19. The van der Waals surface area contributed by atoms with Crippen molar-refractivity contribution in [1.82, 2.24) is 0 Å². The highest BCUT2D eigenvalue weighted by molar-refractivity contribution is 7.42. The SMILES string of the molecule is NP(O)O.c1ccc(N=Nc2ccccc2)cc1. The molecule has 4 N–H and O–H groups in total. The minimum atomic E-state index is -2.12. The highest BCUT2D eigenvalue weighted by atomic mass is 31.2. The van der Waals surface area contributed by atoms with Gasteiger partial charge < -0.3 is 9.79 Å². The first kappa shape index (κ1) is 14.4. The van der Waals surface area contributed by atoms with E-state index in [-0.39, 0.29) is 0 Å². The van der Waals surface area contributed by atoms with E-state index in [4.69, 9.17) is 9.79 Å². The minimum absolute atomic E-state index is 0.872. The Labute approximate surface area is 107 Å². The number of benzene rings is 2. The van der Waals surface area contributed by atoms with Gasteiger partial charge in [-0.05, 0) is 24.3 Å². The molecule has 0 saturated carbocycles. The van der Waals surface area contributed by atoms with Gasteiger partial charge in [0.05, 0.1) is 11.4 Å². The van der Waals surface area contributed by atoms with Crippen LogP contribution >= 0.6 is 8.53 Å². The lowest BCUT2D eigenvalue weighted by Gasteiger charge is -1.91. The van der Waals surface area contributed by atoms with Gasteiger partial charge >= 0.3 is 0 Å². The lowest BCUT2D eigenvalue weighted by Crippen LogP contribution is -1.78. The topological polar surface area (TPSA) is 91.2 Å². The first-order valence-electron chi connectivity index (χ1n) is 5.13. The van der Waals surface area contributed by atoms with E-state index in [2.05, 4.69) is 15.7 Å². The Kier molecular flexibility index (Phi) is 6.76. The van der Waals surface area contributed by atoms with Gasteiger partial charge in [0.2, 0.25) is 8.53 Å². The van der Waals surface area contributed by atoms with E-state index in [0.717, 1.165) is 11.4 Å². The summed E-state index contributed by atoms with van der Waals surface area (Å²) in [5.41, 5.74) is 6.03. The maximum Gasteiger partial charge on any atom is 0.247 e. The number of azo groups is 1. The lowest BCUT2D eigenvalue weighted by molar-refractivity contribution is 0.485. The molecule has 2 aromatic carbocycles. The molecule has 0 amide bonds. The molecule has 0 aliphatic rings. The predicted octanol–water partition coefficient (Wildman–Crippen LogP) is 3.26. The molecular weight excluding hydrogens is 249 g/mol. The van der Waals surface area contributed by atoms with Crippen molar-refractivity contribution in [3.05, 3.63) is 60.7 Å². The fraction of sp³-hybridized carbons (Fsp3) is 0. The molecule has 0 aromatic heterocycles. The van der Waals surface area contributed by atoms with Gasteiger partial charge in [0, 0.05) is 0 Å². The van der Waals surface area contributed by atoms with Crippen LogP contribution < -0.4 is 5.50 Å². The van der Waals surface area contributed by atoms with E-state index in [9.17, 15) is 0 Å². The van der Waals surface area contributed by atoms with Crippen LogP contribution in [-0.4, -0.2) is 9.79 Å². The van der Waals surface area contributed by atoms with E-state index in [0.29, 0.717) is 0 Å². The van der Waals surface area contributed by atoms with Gasteiger partial charge in [0.1, 0.15) is 0 Å². The third kappa shape index (κ3) is 6.83. The third-order valence-corrected chi connectivity index (χ3v) is 1.79. The molecule has 0 unspecified atom stereocenters. The molecule has 6 heteroatoms.